The molecule has 0 aliphatic heterocycles. The molecule has 0 bridgehead atoms. The second-order valence-electron chi connectivity index (χ2n) is 9.55. The Morgan fingerprint density at radius 2 is 0.971 bits per heavy atom. The number of hydrogen-bond acceptors (Lipinski definition) is 1. The molecule has 0 amide bonds. The number of rotatable bonds is 4. The monoisotopic (exact) mass is 437 g/mol. The van der Waals surface area contributed by atoms with Gasteiger partial charge in [-0.25, -0.2) is 0 Å². The van der Waals surface area contributed by atoms with Gasteiger partial charge in [0, 0.05) is 16.8 Å². The van der Waals surface area contributed by atoms with Gasteiger partial charge in [0.25, 0.3) is 0 Å². The van der Waals surface area contributed by atoms with Crippen LogP contribution in [0.15, 0.2) is 121 Å². The highest BCUT2D eigenvalue weighted by Gasteiger charge is 2.34. The quantitative estimate of drug-likeness (QED) is 0.296. The van der Waals surface area contributed by atoms with E-state index in [1.54, 1.807) is 0 Å². The summed E-state index contributed by atoms with van der Waals surface area (Å²) in [6.07, 6.45) is 0. The van der Waals surface area contributed by atoms with Gasteiger partial charge in [-0.05, 0) is 68.8 Å². The number of benzene rings is 5. The third kappa shape index (κ3) is 3.41. The summed E-state index contributed by atoms with van der Waals surface area (Å²) in [5.74, 6) is 0. The molecule has 1 N–H and O–H groups in total. The summed E-state index contributed by atoms with van der Waals surface area (Å²) in [5.41, 5.74) is 12.6. The molecule has 0 saturated carbocycles. The van der Waals surface area contributed by atoms with Crippen LogP contribution in [-0.2, 0) is 5.41 Å². The van der Waals surface area contributed by atoms with Crippen molar-refractivity contribution >= 4 is 11.4 Å². The summed E-state index contributed by atoms with van der Waals surface area (Å²) in [5, 5.41) is 3.68. The highest BCUT2D eigenvalue weighted by Crippen LogP contribution is 2.49. The van der Waals surface area contributed by atoms with Gasteiger partial charge in [0.15, 0.2) is 0 Å². The smallest absolute Gasteiger partial charge is 0.0390 e. The standard InChI is InChI=1S/C33H27N/c1-33(2)31-16-10-9-15-28(31)30-22-26(18-20-32(30)33)34-25-17-19-27(23-11-5-3-6-12-23)29(21-25)24-13-7-4-8-14-24/h3-22,34H,1-2H3. The fraction of sp³-hybridized carbons (Fsp3) is 0.0909. The van der Waals surface area contributed by atoms with Crippen LogP contribution in [0.1, 0.15) is 25.0 Å². The second-order valence-corrected chi connectivity index (χ2v) is 9.55. The van der Waals surface area contributed by atoms with E-state index in [0.717, 1.165) is 11.4 Å². The van der Waals surface area contributed by atoms with Gasteiger partial charge >= 0.3 is 0 Å². The second kappa shape index (κ2) is 8.04. The third-order valence-electron chi connectivity index (χ3n) is 7.06. The van der Waals surface area contributed by atoms with Crippen molar-refractivity contribution in [2.45, 2.75) is 19.3 Å². The van der Waals surface area contributed by atoms with E-state index in [2.05, 4.69) is 140 Å². The average Bonchev–Trinajstić information content (AvgIpc) is 3.11. The zero-order valence-corrected chi connectivity index (χ0v) is 19.5. The van der Waals surface area contributed by atoms with Crippen LogP contribution in [0.2, 0.25) is 0 Å². The maximum absolute atomic E-state index is 3.68. The average molecular weight is 438 g/mol. The Morgan fingerprint density at radius 3 is 1.68 bits per heavy atom. The first-order valence-electron chi connectivity index (χ1n) is 11.9. The van der Waals surface area contributed by atoms with Crippen molar-refractivity contribution in [3.63, 3.8) is 0 Å². The summed E-state index contributed by atoms with van der Waals surface area (Å²) in [7, 11) is 0. The predicted molar refractivity (Wildman–Crippen MR) is 145 cm³/mol. The summed E-state index contributed by atoms with van der Waals surface area (Å²) < 4.78 is 0. The molecule has 0 unspecified atom stereocenters. The van der Waals surface area contributed by atoms with Crippen LogP contribution in [0.3, 0.4) is 0 Å². The van der Waals surface area contributed by atoms with E-state index in [4.69, 9.17) is 0 Å². The fourth-order valence-electron chi connectivity index (χ4n) is 5.31. The van der Waals surface area contributed by atoms with Crippen molar-refractivity contribution in [2.24, 2.45) is 0 Å². The summed E-state index contributed by atoms with van der Waals surface area (Å²) in [6.45, 7) is 4.64. The van der Waals surface area contributed by atoms with Crippen LogP contribution in [0.4, 0.5) is 11.4 Å². The van der Waals surface area contributed by atoms with Crippen molar-refractivity contribution in [3.8, 4) is 33.4 Å². The molecular formula is C33H27N. The Bertz CT molecular complexity index is 1480. The Kier molecular flexibility index (Phi) is 4.85. The first-order valence-corrected chi connectivity index (χ1v) is 11.9. The molecule has 0 atom stereocenters. The van der Waals surface area contributed by atoms with E-state index >= 15 is 0 Å². The van der Waals surface area contributed by atoms with Gasteiger partial charge in [0.1, 0.15) is 0 Å². The molecule has 0 aromatic heterocycles. The van der Waals surface area contributed by atoms with Crippen LogP contribution in [0.5, 0.6) is 0 Å². The first-order chi connectivity index (χ1) is 16.6. The van der Waals surface area contributed by atoms with Crippen molar-refractivity contribution < 1.29 is 0 Å². The molecule has 0 fully saturated rings. The summed E-state index contributed by atoms with van der Waals surface area (Å²) >= 11 is 0. The molecule has 1 nitrogen and oxygen atoms in total. The van der Waals surface area contributed by atoms with Crippen molar-refractivity contribution in [2.75, 3.05) is 5.32 Å². The van der Waals surface area contributed by atoms with Gasteiger partial charge in [-0.15, -0.1) is 0 Å². The lowest BCUT2D eigenvalue weighted by Crippen LogP contribution is -2.14. The zero-order valence-electron chi connectivity index (χ0n) is 19.5. The highest BCUT2D eigenvalue weighted by molar-refractivity contribution is 5.87. The Labute approximate surface area is 201 Å². The van der Waals surface area contributed by atoms with Crippen LogP contribution in [0, 0.1) is 0 Å². The number of hydrogen-bond donors (Lipinski definition) is 1. The van der Waals surface area contributed by atoms with Gasteiger partial charge in [-0.1, -0.05) is 111 Å². The van der Waals surface area contributed by atoms with Crippen LogP contribution in [-0.4, -0.2) is 0 Å². The predicted octanol–water partition coefficient (Wildman–Crippen LogP) is 9.07. The molecule has 6 rings (SSSR count). The molecule has 1 aliphatic rings. The maximum Gasteiger partial charge on any atom is 0.0390 e. The van der Waals surface area contributed by atoms with Crippen molar-refractivity contribution in [3.05, 3.63) is 132 Å². The molecule has 0 spiro atoms. The number of anilines is 2. The molecule has 164 valence electrons. The van der Waals surface area contributed by atoms with Gasteiger partial charge < -0.3 is 5.32 Å². The molecule has 0 heterocycles. The van der Waals surface area contributed by atoms with E-state index < -0.39 is 0 Å². The van der Waals surface area contributed by atoms with E-state index in [0.29, 0.717) is 0 Å². The highest BCUT2D eigenvalue weighted by atomic mass is 14.9. The number of nitrogens with one attached hydrogen (secondary N) is 1. The van der Waals surface area contributed by atoms with E-state index in [-0.39, 0.29) is 5.41 Å². The molecular weight excluding hydrogens is 410 g/mol. The van der Waals surface area contributed by atoms with E-state index in [1.807, 2.05) is 0 Å². The lowest BCUT2D eigenvalue weighted by Gasteiger charge is -2.21. The minimum atomic E-state index is 0.0300. The van der Waals surface area contributed by atoms with Crippen molar-refractivity contribution in [1.29, 1.82) is 0 Å². The van der Waals surface area contributed by atoms with Gasteiger partial charge in [0.2, 0.25) is 0 Å². The molecule has 1 aliphatic carbocycles. The number of fused-ring (bicyclic) bond motifs is 3. The van der Waals surface area contributed by atoms with Gasteiger partial charge in [-0.2, -0.15) is 0 Å². The van der Waals surface area contributed by atoms with Crippen LogP contribution >= 0.6 is 0 Å². The van der Waals surface area contributed by atoms with Crippen LogP contribution in [0.25, 0.3) is 33.4 Å². The normalized spacial score (nSPS) is 13.2. The topological polar surface area (TPSA) is 12.0 Å². The largest absolute Gasteiger partial charge is 0.355 e. The molecule has 1 heteroatoms. The van der Waals surface area contributed by atoms with E-state index in [1.165, 1.54) is 44.5 Å². The lowest BCUT2D eigenvalue weighted by molar-refractivity contribution is 0.660. The Morgan fingerprint density at radius 1 is 0.441 bits per heavy atom. The van der Waals surface area contributed by atoms with Gasteiger partial charge in [-0.3, -0.25) is 0 Å². The minimum Gasteiger partial charge on any atom is -0.355 e. The zero-order chi connectivity index (χ0) is 23.1. The maximum atomic E-state index is 3.68. The molecule has 34 heavy (non-hydrogen) atoms. The third-order valence-corrected chi connectivity index (χ3v) is 7.06. The Balaban J connectivity index is 1.41. The summed E-state index contributed by atoms with van der Waals surface area (Å²) in [4.78, 5) is 0. The first kappa shape index (κ1) is 20.5. The fourth-order valence-corrected chi connectivity index (χ4v) is 5.31. The van der Waals surface area contributed by atoms with Crippen LogP contribution < -0.4 is 5.32 Å². The van der Waals surface area contributed by atoms with E-state index in [9.17, 15) is 0 Å². The van der Waals surface area contributed by atoms with Crippen molar-refractivity contribution in [1.82, 2.24) is 0 Å². The minimum absolute atomic E-state index is 0.0300. The van der Waals surface area contributed by atoms with Gasteiger partial charge in [0.05, 0.1) is 0 Å². The Hall–Kier alpha value is -4.10. The molecule has 5 aromatic rings. The molecule has 5 aromatic carbocycles. The SMILES string of the molecule is CC1(C)c2ccccc2-c2cc(Nc3ccc(-c4ccccc4)c(-c4ccccc4)c3)ccc21. The molecule has 0 radical (unpaired) electrons. The molecule has 0 saturated heterocycles. The lowest BCUT2D eigenvalue weighted by atomic mass is 9.82. The summed E-state index contributed by atoms with van der Waals surface area (Å²) in [6, 6.07) is 43.5.